The Hall–Kier alpha value is -2.19. The molecule has 1 saturated heterocycles. The summed E-state index contributed by atoms with van der Waals surface area (Å²) < 4.78 is 23.6. The van der Waals surface area contributed by atoms with Crippen molar-refractivity contribution in [3.63, 3.8) is 0 Å². The van der Waals surface area contributed by atoms with Crippen molar-refractivity contribution in [3.8, 4) is 17.1 Å². The highest BCUT2D eigenvalue weighted by atomic mass is 35.5. The minimum atomic E-state index is -1.33. The summed E-state index contributed by atoms with van der Waals surface area (Å²) in [6.07, 6.45) is 8.50. The van der Waals surface area contributed by atoms with E-state index in [0.717, 1.165) is 29.7 Å². The number of hydrogen-bond donors (Lipinski definition) is 1. The van der Waals surface area contributed by atoms with Crippen molar-refractivity contribution in [1.29, 1.82) is 0 Å². The van der Waals surface area contributed by atoms with Crippen LogP contribution in [0.2, 0.25) is 0 Å². The van der Waals surface area contributed by atoms with Crippen molar-refractivity contribution in [2.24, 2.45) is 7.05 Å². The molecule has 0 spiro atoms. The molecule has 0 radical (unpaired) electrons. The van der Waals surface area contributed by atoms with Crippen LogP contribution in [0.15, 0.2) is 30.9 Å². The predicted molar refractivity (Wildman–Crippen MR) is 93.9 cm³/mol. The molecule has 1 aliphatic rings. The van der Waals surface area contributed by atoms with Gasteiger partial charge in [-0.05, 0) is 19.4 Å². The second-order valence-electron chi connectivity index (χ2n) is 6.25. The fourth-order valence-corrected chi connectivity index (χ4v) is 2.90. The van der Waals surface area contributed by atoms with Crippen molar-refractivity contribution >= 4 is 17.9 Å². The van der Waals surface area contributed by atoms with Gasteiger partial charge in [-0.3, -0.25) is 9.67 Å². The Bertz CT molecular complexity index is 857. The second kappa shape index (κ2) is 6.97. The summed E-state index contributed by atoms with van der Waals surface area (Å²) in [6, 6.07) is 1.76. The Kier molecular flexibility index (Phi) is 4.91. The molecule has 134 valence electrons. The normalized spacial score (nSPS) is 20.4. The van der Waals surface area contributed by atoms with Gasteiger partial charge in [0.25, 0.3) is 0 Å². The molecule has 0 bridgehead atoms. The van der Waals surface area contributed by atoms with Gasteiger partial charge in [0.1, 0.15) is 6.61 Å². The zero-order chi connectivity index (χ0) is 16.6. The Labute approximate surface area is 150 Å². The maximum atomic E-state index is 14.6. The van der Waals surface area contributed by atoms with E-state index in [4.69, 9.17) is 4.74 Å². The molecule has 1 fully saturated rings. The van der Waals surface area contributed by atoms with Crippen LogP contribution >= 0.6 is 12.4 Å². The quantitative estimate of drug-likeness (QED) is 0.765. The summed E-state index contributed by atoms with van der Waals surface area (Å²) in [6.45, 7) is 1.20. The Balaban J connectivity index is 0.00000182. The SMILES string of the molecule is Cl.Cn1cc(-c2cn3nc(OCC4(F)CCCNC4)cc3cn2)cn1. The van der Waals surface area contributed by atoms with Crippen molar-refractivity contribution in [3.05, 3.63) is 30.9 Å². The first-order valence-electron chi connectivity index (χ1n) is 7.98. The molecule has 1 aliphatic heterocycles. The number of hydrogen-bond acceptors (Lipinski definition) is 5. The van der Waals surface area contributed by atoms with Crippen molar-refractivity contribution in [1.82, 2.24) is 29.7 Å². The molecule has 0 saturated carbocycles. The highest BCUT2D eigenvalue weighted by Gasteiger charge is 2.32. The molecule has 25 heavy (non-hydrogen) atoms. The Morgan fingerprint density at radius 2 is 2.24 bits per heavy atom. The van der Waals surface area contributed by atoms with Crippen LogP contribution in [0.3, 0.4) is 0 Å². The van der Waals surface area contributed by atoms with Gasteiger partial charge in [0.05, 0.1) is 29.8 Å². The highest BCUT2D eigenvalue weighted by Crippen LogP contribution is 2.23. The van der Waals surface area contributed by atoms with E-state index >= 15 is 0 Å². The zero-order valence-corrected chi connectivity index (χ0v) is 14.7. The highest BCUT2D eigenvalue weighted by molar-refractivity contribution is 5.85. The van der Waals surface area contributed by atoms with Gasteiger partial charge in [-0.2, -0.15) is 5.10 Å². The minimum absolute atomic E-state index is 0. The van der Waals surface area contributed by atoms with Gasteiger partial charge in [0, 0.05) is 31.4 Å². The topological polar surface area (TPSA) is 69.3 Å². The first-order chi connectivity index (χ1) is 11.6. The number of halogens is 2. The zero-order valence-electron chi connectivity index (χ0n) is 13.9. The Morgan fingerprint density at radius 1 is 1.36 bits per heavy atom. The number of aryl methyl sites for hydroxylation is 1. The number of nitrogens with zero attached hydrogens (tertiary/aromatic N) is 5. The lowest BCUT2D eigenvalue weighted by atomic mass is 9.97. The third-order valence-electron chi connectivity index (χ3n) is 4.22. The van der Waals surface area contributed by atoms with Gasteiger partial charge in [0.2, 0.25) is 5.88 Å². The molecule has 3 aromatic rings. The van der Waals surface area contributed by atoms with E-state index < -0.39 is 5.67 Å². The minimum Gasteiger partial charge on any atom is -0.473 e. The molecule has 1 unspecified atom stereocenters. The van der Waals surface area contributed by atoms with E-state index in [1.54, 1.807) is 27.7 Å². The lowest BCUT2D eigenvalue weighted by Gasteiger charge is -2.29. The van der Waals surface area contributed by atoms with Crippen LogP contribution in [-0.2, 0) is 7.05 Å². The lowest BCUT2D eigenvalue weighted by Crippen LogP contribution is -2.46. The fraction of sp³-hybridized carbons (Fsp3) is 0.438. The molecule has 3 aromatic heterocycles. The molecule has 1 atom stereocenters. The maximum absolute atomic E-state index is 14.6. The molecule has 7 nitrogen and oxygen atoms in total. The van der Waals surface area contributed by atoms with E-state index in [9.17, 15) is 4.39 Å². The summed E-state index contributed by atoms with van der Waals surface area (Å²) in [4.78, 5) is 4.41. The lowest BCUT2D eigenvalue weighted by molar-refractivity contribution is 0.0572. The van der Waals surface area contributed by atoms with Gasteiger partial charge >= 0.3 is 0 Å². The van der Waals surface area contributed by atoms with Gasteiger partial charge < -0.3 is 10.1 Å². The van der Waals surface area contributed by atoms with E-state index in [2.05, 4.69) is 20.5 Å². The molecule has 4 rings (SSSR count). The van der Waals surface area contributed by atoms with E-state index in [1.807, 2.05) is 19.4 Å². The summed E-state index contributed by atoms with van der Waals surface area (Å²) >= 11 is 0. The fourth-order valence-electron chi connectivity index (χ4n) is 2.90. The van der Waals surface area contributed by atoms with Gasteiger partial charge in [-0.15, -0.1) is 17.5 Å². The van der Waals surface area contributed by atoms with Crippen molar-refractivity contribution in [2.45, 2.75) is 18.5 Å². The summed E-state index contributed by atoms with van der Waals surface area (Å²) in [5.74, 6) is 0.405. The van der Waals surface area contributed by atoms with Crippen LogP contribution < -0.4 is 10.1 Å². The molecule has 4 heterocycles. The van der Waals surface area contributed by atoms with Gasteiger partial charge in [-0.25, -0.2) is 8.91 Å². The van der Waals surface area contributed by atoms with Crippen LogP contribution in [-0.4, -0.2) is 49.7 Å². The predicted octanol–water partition coefficient (Wildman–Crippen LogP) is 2.02. The molecule has 1 N–H and O–H groups in total. The smallest absolute Gasteiger partial charge is 0.233 e. The average molecular weight is 367 g/mol. The molecular weight excluding hydrogens is 347 g/mol. The van der Waals surface area contributed by atoms with Crippen LogP contribution in [0, 0.1) is 0 Å². The van der Waals surface area contributed by atoms with Crippen molar-refractivity contribution < 1.29 is 9.13 Å². The van der Waals surface area contributed by atoms with Gasteiger partial charge in [-0.1, -0.05) is 0 Å². The largest absolute Gasteiger partial charge is 0.473 e. The standard InChI is InChI=1S/C16H19FN6O.ClH/c1-22-8-12(6-20-22)14-9-23-13(7-19-14)5-15(21-23)24-11-16(17)3-2-4-18-10-16;/h5-9,18H,2-4,10-11H2,1H3;1H. The second-order valence-corrected chi connectivity index (χ2v) is 6.25. The number of nitrogens with one attached hydrogen (secondary N) is 1. The van der Waals surface area contributed by atoms with E-state index in [0.29, 0.717) is 18.8 Å². The average Bonchev–Trinajstić information content (AvgIpc) is 3.19. The van der Waals surface area contributed by atoms with E-state index in [-0.39, 0.29) is 19.0 Å². The number of fused-ring (bicyclic) bond motifs is 1. The van der Waals surface area contributed by atoms with Gasteiger partial charge in [0.15, 0.2) is 5.67 Å². The third kappa shape index (κ3) is 3.74. The molecule has 0 aliphatic carbocycles. The third-order valence-corrected chi connectivity index (χ3v) is 4.22. The molecule has 0 amide bonds. The number of aromatic nitrogens is 5. The number of rotatable bonds is 4. The summed E-state index contributed by atoms with van der Waals surface area (Å²) in [7, 11) is 1.86. The first-order valence-corrected chi connectivity index (χ1v) is 7.98. The summed E-state index contributed by atoms with van der Waals surface area (Å²) in [5, 5.41) is 11.6. The molecule has 9 heteroatoms. The monoisotopic (exact) mass is 366 g/mol. The van der Waals surface area contributed by atoms with Crippen LogP contribution in [0.25, 0.3) is 16.8 Å². The van der Waals surface area contributed by atoms with Crippen LogP contribution in [0.4, 0.5) is 4.39 Å². The summed E-state index contributed by atoms with van der Waals surface area (Å²) in [5.41, 5.74) is 1.15. The van der Waals surface area contributed by atoms with Crippen LogP contribution in [0.5, 0.6) is 5.88 Å². The first kappa shape index (κ1) is 17.6. The number of ether oxygens (including phenoxy) is 1. The Morgan fingerprint density at radius 3 is 2.96 bits per heavy atom. The number of piperidine rings is 1. The number of alkyl halides is 1. The van der Waals surface area contributed by atoms with Crippen LogP contribution in [0.1, 0.15) is 12.8 Å². The maximum Gasteiger partial charge on any atom is 0.233 e. The molecule has 0 aromatic carbocycles. The molecular formula is C16H20ClFN6O. The van der Waals surface area contributed by atoms with E-state index in [1.165, 1.54) is 0 Å². The van der Waals surface area contributed by atoms with Crippen molar-refractivity contribution in [2.75, 3.05) is 19.7 Å².